The number of carbonyl (C=O) groups excluding carboxylic acids is 2. The van der Waals surface area contributed by atoms with Crippen molar-refractivity contribution in [3.63, 3.8) is 0 Å². The monoisotopic (exact) mass is 913 g/mol. The fraction of sp³-hybridized carbons (Fsp3) is 0.755. The van der Waals surface area contributed by atoms with Crippen LogP contribution in [0.25, 0.3) is 0 Å². The lowest BCUT2D eigenvalue weighted by Crippen LogP contribution is -2.64. The molecular weight excluding hydrogens is 828 g/mol. The molecule has 1 fully saturated rings. The smallest absolute Gasteiger partial charge is 0.462 e. The molecule has 0 spiro atoms. The predicted octanol–water partition coefficient (Wildman–Crippen LogP) is 9.73. The number of hydrogen-bond acceptors (Lipinski definition) is 12. The molecule has 0 radical (unpaired) electrons. The van der Waals surface area contributed by atoms with Crippen LogP contribution in [0.2, 0.25) is 0 Å². The first-order valence-electron chi connectivity index (χ1n) is 24.1. The van der Waals surface area contributed by atoms with Crippen LogP contribution in [0.4, 0.5) is 0 Å². The molecule has 0 amide bonds. The van der Waals surface area contributed by atoms with Crippen LogP contribution in [-0.2, 0) is 32.7 Å². The van der Waals surface area contributed by atoms with E-state index in [-0.39, 0.29) is 12.8 Å². The molecule has 1 rings (SSSR count). The lowest BCUT2D eigenvalue weighted by Gasteiger charge is -2.41. The van der Waals surface area contributed by atoms with Crippen molar-refractivity contribution in [2.75, 3.05) is 13.2 Å². The standard InChI is InChI=1S/C49H85O13P/c1-3-5-7-9-11-13-15-17-19-20-21-22-24-26-28-30-32-34-36-38-43(51)61-41(40-60-63(57,58)62-49-47(55)45(53)44(52)46(54)48(49)56)39-59-42(50)37-35-33-31-29-27-25-23-18-16-14-12-10-8-6-4-2/h11-14,17-19,21-23,41,44-49,52-56H,3-10,15-16,20,24-40H2,1-2H3,(H,57,58)/b13-11-,14-12-,19-17-,22-21-,23-18-/t41-,44?,45-,46?,47?,48?,49?/m1/s1. The van der Waals surface area contributed by atoms with Gasteiger partial charge in [0, 0.05) is 12.8 Å². The number of ether oxygens (including phenoxy) is 2. The second-order valence-corrected chi connectivity index (χ2v) is 18.0. The largest absolute Gasteiger partial charge is 0.472 e. The molecule has 0 aromatic rings. The van der Waals surface area contributed by atoms with Gasteiger partial charge in [-0.1, -0.05) is 145 Å². The van der Waals surface area contributed by atoms with Crippen molar-refractivity contribution in [2.45, 2.75) is 224 Å². The van der Waals surface area contributed by atoms with Crippen LogP contribution in [-0.4, -0.2) is 98.3 Å². The second kappa shape index (κ2) is 38.8. The lowest BCUT2D eigenvalue weighted by molar-refractivity contribution is -0.220. The summed E-state index contributed by atoms with van der Waals surface area (Å²) < 4.78 is 33.5. The van der Waals surface area contributed by atoms with Crippen molar-refractivity contribution in [1.82, 2.24) is 0 Å². The van der Waals surface area contributed by atoms with Gasteiger partial charge in [-0.2, -0.15) is 0 Å². The van der Waals surface area contributed by atoms with Gasteiger partial charge >= 0.3 is 19.8 Å². The van der Waals surface area contributed by atoms with E-state index in [0.29, 0.717) is 12.8 Å². The Morgan fingerprint density at radius 1 is 0.492 bits per heavy atom. The number of allylic oxidation sites excluding steroid dienone is 10. The van der Waals surface area contributed by atoms with Crippen molar-refractivity contribution in [1.29, 1.82) is 0 Å². The minimum Gasteiger partial charge on any atom is -0.462 e. The molecule has 1 saturated carbocycles. The molecule has 1 aliphatic rings. The van der Waals surface area contributed by atoms with Crippen molar-refractivity contribution < 1.29 is 63.1 Å². The van der Waals surface area contributed by atoms with Gasteiger partial charge in [-0.3, -0.25) is 18.6 Å². The summed E-state index contributed by atoms with van der Waals surface area (Å²) in [5.41, 5.74) is 0. The Morgan fingerprint density at radius 3 is 1.30 bits per heavy atom. The molecular formula is C49H85O13P. The van der Waals surface area contributed by atoms with Crippen LogP contribution in [0, 0.1) is 0 Å². The summed E-state index contributed by atoms with van der Waals surface area (Å²) in [6, 6.07) is 0. The number of aliphatic hydroxyl groups excluding tert-OH is 5. The van der Waals surface area contributed by atoms with Crippen molar-refractivity contribution >= 4 is 19.8 Å². The summed E-state index contributed by atoms with van der Waals surface area (Å²) in [6.07, 6.45) is 34.0. The molecule has 0 aromatic carbocycles. The van der Waals surface area contributed by atoms with E-state index < -0.39 is 75.7 Å². The van der Waals surface area contributed by atoms with Gasteiger partial charge in [-0.25, -0.2) is 4.57 Å². The molecule has 63 heavy (non-hydrogen) atoms. The van der Waals surface area contributed by atoms with Crippen LogP contribution < -0.4 is 0 Å². The van der Waals surface area contributed by atoms with Crippen LogP contribution in [0.5, 0.6) is 0 Å². The van der Waals surface area contributed by atoms with E-state index >= 15 is 0 Å². The first-order valence-corrected chi connectivity index (χ1v) is 25.6. The minimum atomic E-state index is -5.13. The summed E-state index contributed by atoms with van der Waals surface area (Å²) >= 11 is 0. The third kappa shape index (κ3) is 31.2. The van der Waals surface area contributed by atoms with Crippen LogP contribution >= 0.6 is 7.82 Å². The predicted molar refractivity (Wildman–Crippen MR) is 249 cm³/mol. The van der Waals surface area contributed by atoms with Crippen molar-refractivity contribution in [3.05, 3.63) is 60.8 Å². The number of carbonyl (C=O) groups is 2. The number of esters is 2. The summed E-state index contributed by atoms with van der Waals surface area (Å²) in [6.45, 7) is 3.22. The van der Waals surface area contributed by atoms with Gasteiger partial charge in [0.05, 0.1) is 6.61 Å². The molecule has 0 heterocycles. The van der Waals surface area contributed by atoms with Gasteiger partial charge in [-0.15, -0.1) is 0 Å². The van der Waals surface area contributed by atoms with E-state index in [1.807, 2.05) is 0 Å². The van der Waals surface area contributed by atoms with Gasteiger partial charge in [0.2, 0.25) is 0 Å². The van der Waals surface area contributed by atoms with Gasteiger partial charge < -0.3 is 39.9 Å². The summed E-state index contributed by atoms with van der Waals surface area (Å²) in [5, 5.41) is 50.2. The van der Waals surface area contributed by atoms with Crippen molar-refractivity contribution in [2.24, 2.45) is 0 Å². The quantitative estimate of drug-likeness (QED) is 0.0147. The van der Waals surface area contributed by atoms with E-state index in [4.69, 9.17) is 18.5 Å². The third-order valence-corrected chi connectivity index (χ3v) is 11.8. The molecule has 364 valence electrons. The average molecular weight is 913 g/mol. The lowest BCUT2D eigenvalue weighted by atomic mass is 9.85. The Morgan fingerprint density at radius 2 is 0.857 bits per heavy atom. The molecule has 0 aliphatic heterocycles. The normalized spacial score (nSPS) is 22.2. The maximum Gasteiger partial charge on any atom is 0.472 e. The average Bonchev–Trinajstić information content (AvgIpc) is 3.26. The molecule has 0 saturated heterocycles. The SMILES string of the molecule is CCCCC/C=C\C/C=C\C/C=C\CCCCCCCCC(=O)O[C@H](COC(=O)CCCCCCC/C=C\C/C=C\CCCCC)COP(=O)(O)OC1C(O)C(O)C(O)[C@@H](O)C1O. The highest BCUT2D eigenvalue weighted by Gasteiger charge is 2.51. The summed E-state index contributed by atoms with van der Waals surface area (Å²) in [5.74, 6) is -1.13. The number of aliphatic hydroxyl groups is 5. The molecule has 6 N–H and O–H groups in total. The molecule has 14 heteroatoms. The van der Waals surface area contributed by atoms with E-state index in [1.54, 1.807) is 0 Å². The van der Waals surface area contributed by atoms with Gasteiger partial charge in [0.1, 0.15) is 43.2 Å². The molecule has 13 nitrogen and oxygen atoms in total. The topological polar surface area (TPSA) is 210 Å². The van der Waals surface area contributed by atoms with E-state index in [1.165, 1.54) is 38.5 Å². The third-order valence-electron chi connectivity index (χ3n) is 10.8. The van der Waals surface area contributed by atoms with Crippen LogP contribution in [0.3, 0.4) is 0 Å². The zero-order valence-corrected chi connectivity index (χ0v) is 39.5. The Hall–Kier alpha value is -2.45. The molecule has 8 atom stereocenters. The molecule has 6 unspecified atom stereocenters. The number of rotatable bonds is 39. The highest BCUT2D eigenvalue weighted by Crippen LogP contribution is 2.47. The molecule has 0 bridgehead atoms. The Labute approximate surface area is 379 Å². The fourth-order valence-electron chi connectivity index (χ4n) is 6.91. The van der Waals surface area contributed by atoms with Crippen LogP contribution in [0.15, 0.2) is 60.8 Å². The Bertz CT molecular complexity index is 1330. The van der Waals surface area contributed by atoms with Crippen molar-refractivity contribution in [3.8, 4) is 0 Å². The summed E-state index contributed by atoms with van der Waals surface area (Å²) in [7, 11) is -5.13. The zero-order chi connectivity index (χ0) is 46.4. The first kappa shape index (κ1) is 58.6. The Balaban J connectivity index is 2.46. The van der Waals surface area contributed by atoms with Crippen LogP contribution in [0.1, 0.15) is 181 Å². The minimum absolute atomic E-state index is 0.0766. The molecule has 0 aromatic heterocycles. The fourth-order valence-corrected chi connectivity index (χ4v) is 7.88. The maximum atomic E-state index is 12.8. The highest BCUT2D eigenvalue weighted by atomic mass is 31.2. The van der Waals surface area contributed by atoms with E-state index in [9.17, 15) is 44.6 Å². The number of phosphoric acid groups is 1. The number of hydrogen-bond donors (Lipinski definition) is 6. The maximum absolute atomic E-state index is 12.8. The Kier molecular flexibility index (Phi) is 36.1. The first-order chi connectivity index (χ1) is 30.4. The highest BCUT2D eigenvalue weighted by molar-refractivity contribution is 7.47. The summed E-state index contributed by atoms with van der Waals surface area (Å²) in [4.78, 5) is 35.7. The van der Waals surface area contributed by atoms with E-state index in [0.717, 1.165) is 103 Å². The zero-order valence-electron chi connectivity index (χ0n) is 38.6. The van der Waals surface area contributed by atoms with Gasteiger partial charge in [-0.05, 0) is 83.5 Å². The van der Waals surface area contributed by atoms with E-state index in [2.05, 4.69) is 74.6 Å². The number of phosphoric ester groups is 1. The second-order valence-electron chi connectivity index (χ2n) is 16.6. The van der Waals surface area contributed by atoms with Gasteiger partial charge in [0.25, 0.3) is 0 Å². The van der Waals surface area contributed by atoms with Gasteiger partial charge in [0.15, 0.2) is 6.10 Å². The molecule has 1 aliphatic carbocycles. The number of unbranched alkanes of at least 4 members (excludes halogenated alkanes) is 17.